The zero-order chi connectivity index (χ0) is 18.1. The number of hydrogen-bond acceptors (Lipinski definition) is 5. The van der Waals surface area contributed by atoms with E-state index in [-0.39, 0.29) is 24.0 Å². The molecule has 1 aromatic rings. The van der Waals surface area contributed by atoms with E-state index in [4.69, 9.17) is 9.47 Å². The number of aromatic nitrogens is 2. The van der Waals surface area contributed by atoms with Gasteiger partial charge in [0.15, 0.2) is 0 Å². The van der Waals surface area contributed by atoms with Crippen LogP contribution in [-0.2, 0) is 4.79 Å². The Morgan fingerprint density at radius 3 is 2.40 bits per heavy atom. The summed E-state index contributed by atoms with van der Waals surface area (Å²) in [5.41, 5.74) is 0. The summed E-state index contributed by atoms with van der Waals surface area (Å²) < 4.78 is 11.0. The molecular weight excluding hydrogens is 318 g/mol. The van der Waals surface area contributed by atoms with Crippen molar-refractivity contribution in [1.82, 2.24) is 15.3 Å². The molecule has 140 valence electrons. The number of nitrogens with zero attached hydrogens (tertiary/aromatic N) is 2. The Labute approximate surface area is 150 Å². The highest BCUT2D eigenvalue weighted by atomic mass is 16.5. The van der Waals surface area contributed by atoms with Gasteiger partial charge in [0, 0.05) is 12.0 Å². The summed E-state index contributed by atoms with van der Waals surface area (Å²) in [6.45, 7) is 4.28. The summed E-state index contributed by atoms with van der Waals surface area (Å²) in [4.78, 5) is 20.8. The number of nitrogens with one attached hydrogen (secondary N) is 1. The molecule has 0 spiro atoms. The fourth-order valence-electron chi connectivity index (χ4n) is 3.40. The third-order valence-electron chi connectivity index (χ3n) is 4.75. The molecule has 2 rings (SSSR count). The number of ether oxygens (including phenoxy) is 2. The lowest BCUT2D eigenvalue weighted by molar-refractivity contribution is -0.126. The molecule has 1 amide bonds. The number of rotatable bonds is 9. The lowest BCUT2D eigenvalue weighted by Crippen LogP contribution is -2.42. The van der Waals surface area contributed by atoms with Gasteiger partial charge in [0.05, 0.1) is 19.5 Å². The number of amides is 1. The average Bonchev–Trinajstić information content (AvgIpc) is 2.63. The van der Waals surface area contributed by atoms with E-state index in [9.17, 15) is 4.79 Å². The second kappa shape index (κ2) is 10.2. The number of hydrogen-bond donors (Lipinski definition) is 1. The fourth-order valence-corrected chi connectivity index (χ4v) is 3.40. The van der Waals surface area contributed by atoms with E-state index >= 15 is 0 Å². The molecule has 1 aliphatic carbocycles. The van der Waals surface area contributed by atoms with Crippen molar-refractivity contribution in [3.8, 4) is 11.8 Å². The van der Waals surface area contributed by atoms with Crippen LogP contribution in [-0.4, -0.2) is 35.1 Å². The van der Waals surface area contributed by atoms with Crippen LogP contribution in [0.25, 0.3) is 0 Å². The Morgan fingerprint density at radius 1 is 1.16 bits per heavy atom. The topological polar surface area (TPSA) is 73.3 Å². The van der Waals surface area contributed by atoms with Gasteiger partial charge in [0.25, 0.3) is 0 Å². The first kappa shape index (κ1) is 19.5. The molecule has 0 saturated heterocycles. The fraction of sp³-hybridized carbons (Fsp3) is 0.737. The van der Waals surface area contributed by atoms with E-state index < -0.39 is 0 Å². The molecule has 0 unspecified atom stereocenters. The van der Waals surface area contributed by atoms with Gasteiger partial charge < -0.3 is 14.8 Å². The highest BCUT2D eigenvalue weighted by Gasteiger charge is 2.26. The van der Waals surface area contributed by atoms with Crippen LogP contribution in [0, 0.1) is 5.92 Å². The molecular formula is C19H31N3O3. The smallest absolute Gasteiger partial charge is 0.235 e. The summed E-state index contributed by atoms with van der Waals surface area (Å²) in [6, 6.07) is 0.264. The molecule has 1 aliphatic rings. The van der Waals surface area contributed by atoms with Crippen LogP contribution in [0.1, 0.15) is 65.2 Å². The van der Waals surface area contributed by atoms with E-state index in [1.54, 1.807) is 19.5 Å². The normalized spacial score (nSPS) is 20.3. The molecule has 6 nitrogen and oxygen atoms in total. The molecule has 1 heterocycles. The Hall–Kier alpha value is -1.85. The molecule has 0 bridgehead atoms. The van der Waals surface area contributed by atoms with E-state index in [1.807, 2.05) is 0 Å². The molecule has 1 aromatic heterocycles. The molecule has 0 atom stereocenters. The number of methoxy groups -OCH3 is 1. The average molecular weight is 349 g/mol. The highest BCUT2D eigenvalue weighted by Crippen LogP contribution is 2.24. The van der Waals surface area contributed by atoms with Crippen LogP contribution in [0.2, 0.25) is 0 Å². The Balaban J connectivity index is 1.77. The summed E-state index contributed by atoms with van der Waals surface area (Å²) in [5, 5.41) is 3.25. The summed E-state index contributed by atoms with van der Waals surface area (Å²) in [6.07, 6.45) is 11.1. The van der Waals surface area contributed by atoms with E-state index in [2.05, 4.69) is 29.1 Å². The molecule has 0 aromatic carbocycles. The van der Waals surface area contributed by atoms with Gasteiger partial charge in [-0.05, 0) is 38.5 Å². The second-order valence-corrected chi connectivity index (χ2v) is 6.77. The SMILES string of the molecule is CCCC(CCC)C(=O)NC1CCC(Oc2cncc(OC)n2)CC1. The van der Waals surface area contributed by atoms with Crippen LogP contribution in [0.4, 0.5) is 0 Å². The Morgan fingerprint density at radius 2 is 1.80 bits per heavy atom. The minimum absolute atomic E-state index is 0.122. The molecule has 0 aliphatic heterocycles. The molecule has 25 heavy (non-hydrogen) atoms. The summed E-state index contributed by atoms with van der Waals surface area (Å²) in [5.74, 6) is 1.34. The van der Waals surface area contributed by atoms with Gasteiger partial charge in [-0.3, -0.25) is 9.78 Å². The lowest BCUT2D eigenvalue weighted by atomic mass is 9.91. The van der Waals surface area contributed by atoms with Gasteiger partial charge in [0.1, 0.15) is 6.10 Å². The van der Waals surface area contributed by atoms with Crippen LogP contribution >= 0.6 is 0 Å². The van der Waals surface area contributed by atoms with Gasteiger partial charge in [0.2, 0.25) is 17.7 Å². The third kappa shape index (κ3) is 6.18. The molecule has 0 radical (unpaired) electrons. The van der Waals surface area contributed by atoms with E-state index in [1.165, 1.54) is 0 Å². The van der Waals surface area contributed by atoms with Crippen molar-refractivity contribution in [2.24, 2.45) is 5.92 Å². The van der Waals surface area contributed by atoms with Gasteiger partial charge in [-0.25, -0.2) is 0 Å². The maximum atomic E-state index is 12.5. The summed E-state index contributed by atoms with van der Waals surface area (Å²) in [7, 11) is 1.56. The van der Waals surface area contributed by atoms with Crippen molar-refractivity contribution in [3.05, 3.63) is 12.4 Å². The minimum Gasteiger partial charge on any atom is -0.480 e. The maximum Gasteiger partial charge on any atom is 0.235 e. The van der Waals surface area contributed by atoms with Crippen LogP contribution in [0.5, 0.6) is 11.8 Å². The van der Waals surface area contributed by atoms with Crippen molar-refractivity contribution in [2.75, 3.05) is 7.11 Å². The maximum absolute atomic E-state index is 12.5. The predicted octanol–water partition coefficient (Wildman–Crippen LogP) is 3.51. The zero-order valence-corrected chi connectivity index (χ0v) is 15.7. The van der Waals surface area contributed by atoms with Crippen LogP contribution in [0.3, 0.4) is 0 Å². The van der Waals surface area contributed by atoms with Crippen LogP contribution in [0.15, 0.2) is 12.4 Å². The lowest BCUT2D eigenvalue weighted by Gasteiger charge is -2.30. The van der Waals surface area contributed by atoms with Crippen molar-refractivity contribution < 1.29 is 14.3 Å². The van der Waals surface area contributed by atoms with Crippen molar-refractivity contribution in [1.29, 1.82) is 0 Å². The minimum atomic E-state index is 0.122. The molecule has 1 saturated carbocycles. The predicted molar refractivity (Wildman–Crippen MR) is 96.7 cm³/mol. The Bertz CT molecular complexity index is 524. The van der Waals surface area contributed by atoms with E-state index in [0.29, 0.717) is 11.8 Å². The third-order valence-corrected chi connectivity index (χ3v) is 4.75. The van der Waals surface area contributed by atoms with Crippen molar-refractivity contribution >= 4 is 5.91 Å². The largest absolute Gasteiger partial charge is 0.480 e. The monoisotopic (exact) mass is 349 g/mol. The first-order valence-electron chi connectivity index (χ1n) is 9.49. The number of carbonyl (C=O) groups is 1. The first-order chi connectivity index (χ1) is 12.2. The second-order valence-electron chi connectivity index (χ2n) is 6.77. The molecule has 6 heteroatoms. The van der Waals surface area contributed by atoms with Gasteiger partial charge in [-0.1, -0.05) is 26.7 Å². The summed E-state index contributed by atoms with van der Waals surface area (Å²) >= 11 is 0. The highest BCUT2D eigenvalue weighted by molar-refractivity contribution is 5.78. The quantitative estimate of drug-likeness (QED) is 0.738. The first-order valence-corrected chi connectivity index (χ1v) is 9.49. The van der Waals surface area contributed by atoms with Crippen molar-refractivity contribution in [3.63, 3.8) is 0 Å². The van der Waals surface area contributed by atoms with Crippen LogP contribution < -0.4 is 14.8 Å². The standard InChI is InChI=1S/C19H31N3O3/c1-4-6-14(7-5-2)19(23)21-15-8-10-16(11-9-15)25-18-13-20-12-17(22-18)24-3/h12-16H,4-11H2,1-3H3,(H,21,23). The zero-order valence-electron chi connectivity index (χ0n) is 15.7. The van der Waals surface area contributed by atoms with Gasteiger partial charge in [-0.2, -0.15) is 4.98 Å². The van der Waals surface area contributed by atoms with Gasteiger partial charge >= 0.3 is 0 Å². The van der Waals surface area contributed by atoms with Crippen molar-refractivity contribution in [2.45, 2.75) is 77.4 Å². The number of carbonyl (C=O) groups excluding carboxylic acids is 1. The molecule has 1 fully saturated rings. The molecule has 1 N–H and O–H groups in total. The van der Waals surface area contributed by atoms with Gasteiger partial charge in [-0.15, -0.1) is 0 Å². The van der Waals surface area contributed by atoms with E-state index in [0.717, 1.165) is 51.4 Å². The Kier molecular flexibility index (Phi) is 7.95.